The van der Waals surface area contributed by atoms with Gasteiger partial charge in [0.15, 0.2) is 0 Å². The molecule has 0 radical (unpaired) electrons. The Balaban J connectivity index is 1.44. The molecule has 0 unspecified atom stereocenters. The van der Waals surface area contributed by atoms with Gasteiger partial charge in [0.1, 0.15) is 17.4 Å². The minimum atomic E-state index is -0.239. The molecule has 2 aromatic carbocycles. The van der Waals surface area contributed by atoms with E-state index >= 15 is 0 Å². The summed E-state index contributed by atoms with van der Waals surface area (Å²) in [4.78, 5) is 11.4. The summed E-state index contributed by atoms with van der Waals surface area (Å²) in [5.41, 5.74) is 3.34. The Morgan fingerprint density at radius 2 is 1.86 bits per heavy atom. The van der Waals surface area contributed by atoms with Gasteiger partial charge < -0.3 is 10.1 Å². The van der Waals surface area contributed by atoms with Gasteiger partial charge in [0, 0.05) is 23.1 Å². The predicted molar refractivity (Wildman–Crippen MR) is 105 cm³/mol. The highest BCUT2D eigenvalue weighted by Crippen LogP contribution is 2.30. The Hall–Kier alpha value is -3.28. The molecule has 4 rings (SSSR count). The normalized spacial score (nSPS) is 13.2. The van der Waals surface area contributed by atoms with E-state index in [1.165, 1.54) is 12.1 Å². The number of carbonyl (C=O) groups is 1. The first-order valence-corrected chi connectivity index (χ1v) is 9.08. The van der Waals surface area contributed by atoms with E-state index in [9.17, 15) is 9.18 Å². The SMILES string of the molecule is CC(C)(CNc1ccc(-c2ccc3c(c2)CC(=O)O3)nn1)c1ccc(F)cc1. The van der Waals surface area contributed by atoms with E-state index in [0.29, 0.717) is 18.1 Å². The van der Waals surface area contributed by atoms with Crippen LogP contribution in [0.3, 0.4) is 0 Å². The largest absolute Gasteiger partial charge is 0.426 e. The zero-order valence-electron chi connectivity index (χ0n) is 15.7. The molecule has 0 amide bonds. The van der Waals surface area contributed by atoms with E-state index in [0.717, 1.165) is 22.4 Å². The molecule has 2 heterocycles. The van der Waals surface area contributed by atoms with Gasteiger partial charge in [-0.25, -0.2) is 4.39 Å². The third kappa shape index (κ3) is 3.71. The van der Waals surface area contributed by atoms with E-state index in [2.05, 4.69) is 29.4 Å². The van der Waals surface area contributed by atoms with Gasteiger partial charge in [0.05, 0.1) is 12.1 Å². The number of nitrogens with zero attached hydrogens (tertiary/aromatic N) is 2. The van der Waals surface area contributed by atoms with Crippen LogP contribution in [0.15, 0.2) is 54.6 Å². The summed E-state index contributed by atoms with van der Waals surface area (Å²) in [6, 6.07) is 15.9. The van der Waals surface area contributed by atoms with Crippen molar-refractivity contribution in [2.24, 2.45) is 0 Å². The molecule has 1 aromatic heterocycles. The molecule has 1 N–H and O–H groups in total. The third-order valence-corrected chi connectivity index (χ3v) is 4.92. The first-order valence-electron chi connectivity index (χ1n) is 9.08. The highest BCUT2D eigenvalue weighted by atomic mass is 19.1. The number of rotatable bonds is 5. The molecule has 0 bridgehead atoms. The molecule has 1 aliphatic rings. The lowest BCUT2D eigenvalue weighted by Gasteiger charge is -2.25. The lowest BCUT2D eigenvalue weighted by atomic mass is 9.84. The molecule has 0 spiro atoms. The predicted octanol–water partition coefficient (Wildman–Crippen LogP) is 4.13. The lowest BCUT2D eigenvalue weighted by molar-refractivity contribution is -0.131. The van der Waals surface area contributed by atoms with Crippen LogP contribution in [0.5, 0.6) is 5.75 Å². The van der Waals surface area contributed by atoms with Crippen LogP contribution < -0.4 is 10.1 Å². The fourth-order valence-corrected chi connectivity index (χ4v) is 3.19. The number of halogens is 1. The Kier molecular flexibility index (Phi) is 4.55. The Morgan fingerprint density at radius 3 is 2.57 bits per heavy atom. The number of aromatic nitrogens is 2. The number of carbonyl (C=O) groups excluding carboxylic acids is 1. The molecule has 0 atom stereocenters. The van der Waals surface area contributed by atoms with Crippen molar-refractivity contribution in [1.82, 2.24) is 10.2 Å². The Morgan fingerprint density at radius 1 is 1.07 bits per heavy atom. The van der Waals surface area contributed by atoms with E-state index < -0.39 is 0 Å². The first-order chi connectivity index (χ1) is 13.4. The first kappa shape index (κ1) is 18.1. The summed E-state index contributed by atoms with van der Waals surface area (Å²) >= 11 is 0. The smallest absolute Gasteiger partial charge is 0.315 e. The summed E-state index contributed by atoms with van der Waals surface area (Å²) in [7, 11) is 0. The van der Waals surface area contributed by atoms with Crippen molar-refractivity contribution in [3.8, 4) is 17.0 Å². The van der Waals surface area contributed by atoms with Gasteiger partial charge in [-0.3, -0.25) is 4.79 Å². The number of fused-ring (bicyclic) bond motifs is 1. The minimum absolute atomic E-state index is 0.194. The highest BCUT2D eigenvalue weighted by molar-refractivity contribution is 5.82. The van der Waals surface area contributed by atoms with E-state index in [-0.39, 0.29) is 23.6 Å². The van der Waals surface area contributed by atoms with E-state index in [4.69, 9.17) is 4.74 Å². The molecule has 1 aliphatic heterocycles. The van der Waals surface area contributed by atoms with Crippen molar-refractivity contribution in [1.29, 1.82) is 0 Å². The molecular weight excluding hydrogens is 357 g/mol. The summed E-state index contributed by atoms with van der Waals surface area (Å²) in [5, 5.41) is 11.8. The maximum absolute atomic E-state index is 13.1. The van der Waals surface area contributed by atoms with Gasteiger partial charge in [0.25, 0.3) is 0 Å². The quantitative estimate of drug-likeness (QED) is 0.535. The molecule has 0 aliphatic carbocycles. The van der Waals surface area contributed by atoms with Crippen molar-refractivity contribution < 1.29 is 13.9 Å². The van der Waals surface area contributed by atoms with Crippen molar-refractivity contribution in [3.05, 3.63) is 71.5 Å². The average molecular weight is 377 g/mol. The van der Waals surface area contributed by atoms with Gasteiger partial charge in [0.2, 0.25) is 0 Å². The number of hydrogen-bond donors (Lipinski definition) is 1. The summed E-state index contributed by atoms with van der Waals surface area (Å²) < 4.78 is 18.3. The lowest BCUT2D eigenvalue weighted by Crippen LogP contribution is -2.28. The average Bonchev–Trinajstić information content (AvgIpc) is 3.06. The van der Waals surface area contributed by atoms with Gasteiger partial charge in [-0.05, 0) is 48.0 Å². The molecule has 28 heavy (non-hydrogen) atoms. The van der Waals surface area contributed by atoms with Gasteiger partial charge >= 0.3 is 5.97 Å². The summed E-state index contributed by atoms with van der Waals surface area (Å²) in [6.07, 6.45) is 0.286. The van der Waals surface area contributed by atoms with Crippen LogP contribution in [-0.2, 0) is 16.6 Å². The van der Waals surface area contributed by atoms with Crippen LogP contribution in [0.2, 0.25) is 0 Å². The second-order valence-electron chi connectivity index (χ2n) is 7.52. The summed E-state index contributed by atoms with van der Waals surface area (Å²) in [6.45, 7) is 4.80. The molecule has 0 saturated heterocycles. The van der Waals surface area contributed by atoms with Crippen LogP contribution in [-0.4, -0.2) is 22.7 Å². The zero-order chi connectivity index (χ0) is 19.7. The van der Waals surface area contributed by atoms with Crippen LogP contribution in [0.4, 0.5) is 10.2 Å². The maximum atomic E-state index is 13.1. The number of anilines is 1. The van der Waals surface area contributed by atoms with Gasteiger partial charge in [-0.2, -0.15) is 0 Å². The van der Waals surface area contributed by atoms with Crippen molar-refractivity contribution in [3.63, 3.8) is 0 Å². The second-order valence-corrected chi connectivity index (χ2v) is 7.52. The third-order valence-electron chi connectivity index (χ3n) is 4.92. The topological polar surface area (TPSA) is 64.1 Å². The van der Waals surface area contributed by atoms with Crippen LogP contribution in [0.25, 0.3) is 11.3 Å². The van der Waals surface area contributed by atoms with E-state index in [1.807, 2.05) is 24.3 Å². The van der Waals surface area contributed by atoms with Crippen LogP contribution >= 0.6 is 0 Å². The molecular formula is C22H20FN3O2. The highest BCUT2D eigenvalue weighted by Gasteiger charge is 2.22. The second kappa shape index (κ2) is 7.03. The number of benzene rings is 2. The zero-order valence-corrected chi connectivity index (χ0v) is 15.7. The standard InChI is InChI=1S/C22H20FN3O2/c1-22(2,16-4-6-17(23)7-5-16)13-24-20-10-8-18(25-26-20)14-3-9-19-15(11-14)12-21(27)28-19/h3-11H,12-13H2,1-2H3,(H,24,26). The number of ether oxygens (including phenoxy) is 1. The van der Waals surface area contributed by atoms with Gasteiger partial charge in [-0.15, -0.1) is 10.2 Å². The fourth-order valence-electron chi connectivity index (χ4n) is 3.19. The number of esters is 1. The summed E-state index contributed by atoms with van der Waals surface area (Å²) in [5.74, 6) is 0.805. The fraction of sp³-hybridized carbons (Fsp3) is 0.227. The molecule has 142 valence electrons. The van der Waals surface area contributed by atoms with Gasteiger partial charge in [-0.1, -0.05) is 26.0 Å². The van der Waals surface area contributed by atoms with Crippen molar-refractivity contribution in [2.75, 3.05) is 11.9 Å². The number of nitrogens with one attached hydrogen (secondary N) is 1. The monoisotopic (exact) mass is 377 g/mol. The Labute approximate surface area is 162 Å². The molecule has 0 fully saturated rings. The van der Waals surface area contributed by atoms with E-state index in [1.54, 1.807) is 18.2 Å². The van der Waals surface area contributed by atoms with Crippen molar-refractivity contribution in [2.45, 2.75) is 25.7 Å². The van der Waals surface area contributed by atoms with Crippen LogP contribution in [0.1, 0.15) is 25.0 Å². The Bertz CT molecular complexity index is 1010. The van der Waals surface area contributed by atoms with Crippen molar-refractivity contribution >= 4 is 11.8 Å². The molecule has 0 saturated carbocycles. The molecule has 5 nitrogen and oxygen atoms in total. The number of hydrogen-bond acceptors (Lipinski definition) is 5. The molecule has 6 heteroatoms. The maximum Gasteiger partial charge on any atom is 0.315 e. The molecule has 3 aromatic rings. The van der Waals surface area contributed by atoms with Crippen LogP contribution in [0, 0.1) is 5.82 Å². The minimum Gasteiger partial charge on any atom is -0.426 e.